The number of aromatic nitrogens is 2. The third-order valence-corrected chi connectivity index (χ3v) is 3.31. The summed E-state index contributed by atoms with van der Waals surface area (Å²) in [5.41, 5.74) is 4.28. The van der Waals surface area contributed by atoms with E-state index >= 15 is 0 Å². The molecular weight excluding hydrogens is 250 g/mol. The van der Waals surface area contributed by atoms with Crippen LogP contribution in [0.25, 0.3) is 11.3 Å². The molecule has 106 valence electrons. The van der Waals surface area contributed by atoms with Crippen LogP contribution in [-0.4, -0.2) is 23.3 Å². The smallest absolute Gasteiger partial charge is 0.151 e. The lowest BCUT2D eigenvalue weighted by atomic mass is 10.0. The van der Waals surface area contributed by atoms with Gasteiger partial charge in [-0.3, -0.25) is 0 Å². The summed E-state index contributed by atoms with van der Waals surface area (Å²) in [6.45, 7) is 9.70. The molecule has 4 nitrogen and oxygen atoms in total. The molecule has 4 heteroatoms. The van der Waals surface area contributed by atoms with Crippen molar-refractivity contribution in [2.75, 3.05) is 18.5 Å². The molecule has 1 aromatic heterocycles. The summed E-state index contributed by atoms with van der Waals surface area (Å²) in [4.78, 5) is 0. The normalized spacial score (nSPS) is 10.4. The fourth-order valence-electron chi connectivity index (χ4n) is 2.09. The predicted octanol–water partition coefficient (Wildman–Crippen LogP) is 3.59. The van der Waals surface area contributed by atoms with Gasteiger partial charge in [-0.1, -0.05) is 0 Å². The first kappa shape index (κ1) is 14.3. The maximum absolute atomic E-state index is 5.46. The summed E-state index contributed by atoms with van der Waals surface area (Å²) in [6, 6.07) is 7.98. The molecule has 0 saturated heterocycles. The zero-order chi connectivity index (χ0) is 14.5. The van der Waals surface area contributed by atoms with Gasteiger partial charge in [0.1, 0.15) is 5.75 Å². The maximum atomic E-state index is 5.46. The first-order chi connectivity index (χ1) is 9.67. The molecular formula is C16H21N3O. The van der Waals surface area contributed by atoms with E-state index in [4.69, 9.17) is 4.74 Å². The number of benzene rings is 1. The van der Waals surface area contributed by atoms with Crippen molar-refractivity contribution in [2.45, 2.75) is 27.7 Å². The van der Waals surface area contributed by atoms with Crippen molar-refractivity contribution < 1.29 is 4.74 Å². The fourth-order valence-corrected chi connectivity index (χ4v) is 2.09. The van der Waals surface area contributed by atoms with Gasteiger partial charge in [0, 0.05) is 12.1 Å². The van der Waals surface area contributed by atoms with E-state index in [2.05, 4.69) is 36.3 Å². The molecule has 0 unspecified atom stereocenters. The lowest BCUT2D eigenvalue weighted by Crippen LogP contribution is -2.06. The van der Waals surface area contributed by atoms with E-state index in [0.29, 0.717) is 6.61 Å². The highest BCUT2D eigenvalue weighted by atomic mass is 16.5. The zero-order valence-corrected chi connectivity index (χ0v) is 12.5. The molecule has 0 fully saturated rings. The standard InChI is InChI=1S/C16H21N3O/c1-5-17-16-12(4)11(3)15(18-19-16)13-7-9-14(10-8-13)20-6-2/h7-10H,5-6H2,1-4H3,(H,17,19). The van der Waals surface area contributed by atoms with Gasteiger partial charge in [-0.15, -0.1) is 10.2 Å². The number of hydrogen-bond acceptors (Lipinski definition) is 4. The number of nitrogens with one attached hydrogen (secondary N) is 1. The average molecular weight is 271 g/mol. The van der Waals surface area contributed by atoms with Gasteiger partial charge in [0.05, 0.1) is 12.3 Å². The van der Waals surface area contributed by atoms with Gasteiger partial charge in [0.25, 0.3) is 0 Å². The van der Waals surface area contributed by atoms with Crippen LogP contribution >= 0.6 is 0 Å². The minimum atomic E-state index is 0.675. The molecule has 0 bridgehead atoms. The Morgan fingerprint density at radius 2 is 1.70 bits per heavy atom. The predicted molar refractivity (Wildman–Crippen MR) is 82.3 cm³/mol. The summed E-state index contributed by atoms with van der Waals surface area (Å²) in [6.07, 6.45) is 0. The first-order valence-corrected chi connectivity index (χ1v) is 6.98. The van der Waals surface area contributed by atoms with Gasteiger partial charge in [-0.25, -0.2) is 0 Å². The van der Waals surface area contributed by atoms with E-state index < -0.39 is 0 Å². The maximum Gasteiger partial charge on any atom is 0.151 e. The summed E-state index contributed by atoms with van der Waals surface area (Å²) in [5.74, 6) is 1.74. The van der Waals surface area contributed by atoms with Crippen LogP contribution in [0.2, 0.25) is 0 Å². The quantitative estimate of drug-likeness (QED) is 0.902. The van der Waals surface area contributed by atoms with Gasteiger partial charge >= 0.3 is 0 Å². The molecule has 0 atom stereocenters. The highest BCUT2D eigenvalue weighted by Gasteiger charge is 2.10. The van der Waals surface area contributed by atoms with E-state index in [0.717, 1.165) is 40.5 Å². The highest BCUT2D eigenvalue weighted by molar-refractivity contribution is 5.67. The Labute approximate surface area is 120 Å². The van der Waals surface area contributed by atoms with Crippen molar-refractivity contribution in [3.05, 3.63) is 35.4 Å². The molecule has 0 amide bonds. The molecule has 0 aliphatic heterocycles. The molecule has 1 N–H and O–H groups in total. The third kappa shape index (κ3) is 2.90. The van der Waals surface area contributed by atoms with Gasteiger partial charge in [-0.2, -0.15) is 0 Å². The van der Waals surface area contributed by atoms with Crippen LogP contribution in [0.1, 0.15) is 25.0 Å². The minimum absolute atomic E-state index is 0.675. The van der Waals surface area contributed by atoms with E-state index in [9.17, 15) is 0 Å². The summed E-state index contributed by atoms with van der Waals surface area (Å²) >= 11 is 0. The molecule has 0 aliphatic rings. The Bertz CT molecular complexity index is 579. The molecule has 0 radical (unpaired) electrons. The third-order valence-electron chi connectivity index (χ3n) is 3.31. The van der Waals surface area contributed by atoms with Crippen LogP contribution in [0.3, 0.4) is 0 Å². The van der Waals surface area contributed by atoms with Crippen molar-refractivity contribution in [1.82, 2.24) is 10.2 Å². The van der Waals surface area contributed by atoms with E-state index in [1.165, 1.54) is 0 Å². The zero-order valence-electron chi connectivity index (χ0n) is 12.5. The Morgan fingerprint density at radius 1 is 1.00 bits per heavy atom. The minimum Gasteiger partial charge on any atom is -0.494 e. The molecule has 2 rings (SSSR count). The fraction of sp³-hybridized carbons (Fsp3) is 0.375. The van der Waals surface area contributed by atoms with E-state index in [-0.39, 0.29) is 0 Å². The number of rotatable bonds is 5. The number of hydrogen-bond donors (Lipinski definition) is 1. The lowest BCUT2D eigenvalue weighted by Gasteiger charge is -2.12. The van der Waals surface area contributed by atoms with Gasteiger partial charge in [-0.05, 0) is 63.1 Å². The van der Waals surface area contributed by atoms with Crippen LogP contribution in [0.4, 0.5) is 5.82 Å². The van der Waals surface area contributed by atoms with E-state index in [1.807, 2.05) is 31.2 Å². The van der Waals surface area contributed by atoms with Crippen LogP contribution in [0, 0.1) is 13.8 Å². The molecule has 20 heavy (non-hydrogen) atoms. The average Bonchev–Trinajstić information content (AvgIpc) is 2.46. The van der Waals surface area contributed by atoms with Crippen molar-refractivity contribution in [1.29, 1.82) is 0 Å². The van der Waals surface area contributed by atoms with Crippen LogP contribution in [0.15, 0.2) is 24.3 Å². The Kier molecular flexibility index (Phi) is 4.56. The molecule has 0 aliphatic carbocycles. The Hall–Kier alpha value is -2.10. The molecule has 2 aromatic rings. The number of nitrogens with zero attached hydrogens (tertiary/aromatic N) is 2. The van der Waals surface area contributed by atoms with Crippen molar-refractivity contribution in [3.8, 4) is 17.0 Å². The highest BCUT2D eigenvalue weighted by Crippen LogP contribution is 2.27. The number of anilines is 1. The van der Waals surface area contributed by atoms with Crippen molar-refractivity contribution in [3.63, 3.8) is 0 Å². The molecule has 1 heterocycles. The largest absolute Gasteiger partial charge is 0.494 e. The van der Waals surface area contributed by atoms with Gasteiger partial charge in [0.2, 0.25) is 0 Å². The SMILES string of the molecule is CCNc1nnc(-c2ccc(OCC)cc2)c(C)c1C. The van der Waals surface area contributed by atoms with Crippen LogP contribution in [-0.2, 0) is 0 Å². The summed E-state index contributed by atoms with van der Waals surface area (Å²) in [7, 11) is 0. The first-order valence-electron chi connectivity index (χ1n) is 6.98. The van der Waals surface area contributed by atoms with Gasteiger partial charge < -0.3 is 10.1 Å². The molecule has 0 spiro atoms. The van der Waals surface area contributed by atoms with E-state index in [1.54, 1.807) is 0 Å². The lowest BCUT2D eigenvalue weighted by molar-refractivity contribution is 0.340. The van der Waals surface area contributed by atoms with Crippen LogP contribution in [0.5, 0.6) is 5.75 Å². The number of ether oxygens (including phenoxy) is 1. The van der Waals surface area contributed by atoms with Gasteiger partial charge in [0.15, 0.2) is 5.82 Å². The van der Waals surface area contributed by atoms with Crippen molar-refractivity contribution >= 4 is 5.82 Å². The van der Waals surface area contributed by atoms with Crippen molar-refractivity contribution in [2.24, 2.45) is 0 Å². The second kappa shape index (κ2) is 6.37. The second-order valence-corrected chi connectivity index (χ2v) is 4.63. The monoisotopic (exact) mass is 271 g/mol. The topological polar surface area (TPSA) is 47.0 Å². The second-order valence-electron chi connectivity index (χ2n) is 4.63. The molecule has 1 aromatic carbocycles. The molecule has 0 saturated carbocycles. The summed E-state index contributed by atoms with van der Waals surface area (Å²) in [5, 5.41) is 11.8. The Morgan fingerprint density at radius 3 is 2.30 bits per heavy atom. The summed E-state index contributed by atoms with van der Waals surface area (Å²) < 4.78 is 5.46. The van der Waals surface area contributed by atoms with Crippen LogP contribution < -0.4 is 10.1 Å². The Balaban J connectivity index is 2.35.